The fraction of sp³-hybridized carbons (Fsp3) is 0.271. The lowest BCUT2D eigenvalue weighted by atomic mass is 10.0. The molecule has 0 unspecified atom stereocenters. The second-order valence-corrected chi connectivity index (χ2v) is 33.5. The molecule has 24 heteroatoms. The molecule has 16 nitrogen and oxygen atoms in total. The lowest BCUT2D eigenvalue weighted by Gasteiger charge is -2.28. The maximum atomic E-state index is 13.8. The predicted molar refractivity (Wildman–Crippen MR) is 348 cm³/mol. The Balaban J connectivity index is 0.000000501. The van der Waals surface area contributed by atoms with E-state index in [9.17, 15) is 32.8 Å². The van der Waals surface area contributed by atoms with Crippen molar-refractivity contribution in [3.05, 3.63) is 178 Å². The number of Topliss-reactive ketones (excluding diaryl/α,β-unsaturated/α-hetero) is 1. The van der Waals surface area contributed by atoms with Crippen LogP contribution >= 0.6 is 72.0 Å². The maximum Gasteiger partial charge on any atom is 0.412 e. The van der Waals surface area contributed by atoms with Gasteiger partial charge in [0.1, 0.15) is 42.1 Å². The molecule has 0 saturated carbocycles. The minimum Gasteiger partial charge on any atom is -0.447 e. The molecule has 0 fully saturated rings. The number of halogens is 5. The molecule has 0 aliphatic rings. The van der Waals surface area contributed by atoms with E-state index in [4.69, 9.17) is 49.1 Å². The van der Waals surface area contributed by atoms with E-state index in [1.54, 1.807) is 86.2 Å². The van der Waals surface area contributed by atoms with Crippen LogP contribution in [0.3, 0.4) is 0 Å². The van der Waals surface area contributed by atoms with Crippen LogP contribution in [-0.2, 0) is 31.9 Å². The number of ketones is 1. The van der Waals surface area contributed by atoms with Gasteiger partial charge in [0.05, 0.1) is 33.9 Å². The van der Waals surface area contributed by atoms with E-state index in [1.807, 2.05) is 48.5 Å². The Hall–Kier alpha value is -6.72. The highest BCUT2D eigenvalue weighted by atomic mass is 127. The average Bonchev–Trinajstić information content (AvgIpc) is 3.51. The van der Waals surface area contributed by atoms with Crippen LogP contribution in [0.25, 0.3) is 21.5 Å². The molecule has 4 amide bonds. The Bertz CT molecular complexity index is 3330. The number of nitrogens with one attached hydrogen (secondary N) is 3. The summed E-state index contributed by atoms with van der Waals surface area (Å²) < 4.78 is 38.0. The number of likely N-dealkylation sites (N-methyl/N-ethyl adjacent to an activating group) is 2. The normalized spacial score (nSPS) is 11.0. The summed E-state index contributed by atoms with van der Waals surface area (Å²) in [6.45, 7) is 8.10. The Morgan fingerprint density at radius 2 is 1.05 bits per heavy atom. The zero-order valence-corrected chi connectivity index (χ0v) is 53.3. The van der Waals surface area contributed by atoms with Crippen molar-refractivity contribution in [2.75, 3.05) is 44.5 Å². The number of nitrogens with two attached hydrogens (primary N) is 1. The van der Waals surface area contributed by atoms with Crippen LogP contribution in [0.5, 0.6) is 0 Å². The molecule has 83 heavy (non-hydrogen) atoms. The van der Waals surface area contributed by atoms with Crippen LogP contribution in [-0.4, -0.2) is 107 Å². The molecule has 0 spiro atoms. The molecule has 5 aromatic carbocycles. The Morgan fingerprint density at radius 3 is 1.46 bits per heavy atom. The van der Waals surface area contributed by atoms with Gasteiger partial charge < -0.3 is 30.4 Å². The summed E-state index contributed by atoms with van der Waals surface area (Å²) in [5, 5.41) is 24.5. The molecule has 7 rings (SSSR count). The molecule has 0 aliphatic carbocycles. The number of aromatic nitrogens is 2. The predicted octanol–water partition coefficient (Wildman–Crippen LogP) is 13.3. The molecule has 2 aromatic heterocycles. The summed E-state index contributed by atoms with van der Waals surface area (Å²) >= 11 is 14.5. The van der Waals surface area contributed by atoms with Gasteiger partial charge in [-0.2, -0.15) is 32.3 Å². The first-order chi connectivity index (χ1) is 38.5. The fourth-order valence-corrected chi connectivity index (χ4v) is 7.83. The van der Waals surface area contributed by atoms with Crippen LogP contribution in [0.15, 0.2) is 140 Å². The smallest absolute Gasteiger partial charge is 0.412 e. The number of benzene rings is 5. The van der Waals surface area contributed by atoms with Gasteiger partial charge in [0.2, 0.25) is 17.6 Å². The lowest BCUT2D eigenvalue weighted by Crippen LogP contribution is -2.45. The number of fused-ring (bicyclic) bond motifs is 2. The number of hydrogen-bond donors (Lipinski definition) is 4. The van der Waals surface area contributed by atoms with Crippen molar-refractivity contribution < 1.29 is 42.2 Å². The SMILES string of the molecule is CC#N.CN(C(=O)CCc1cccc(F)c1Cl)[C@@H](CN)COC(=O)Nc1cc2ccccc2cn1.CN(C(=O)CCc1cccc(F)c1Cl)[C@H](COC(=O)Nc1cc2ccccc2cn1)CC(=N)C(=O)c1ccccc1.C[Si](C)(C)I.S.S. The van der Waals surface area contributed by atoms with Gasteiger partial charge in [-0.1, -0.05) is 146 Å². The van der Waals surface area contributed by atoms with Crippen LogP contribution in [0.1, 0.15) is 47.7 Å². The van der Waals surface area contributed by atoms with E-state index < -0.39 is 47.3 Å². The van der Waals surface area contributed by atoms with Crippen LogP contribution in [0.2, 0.25) is 29.7 Å². The number of aryl methyl sites for hydroxylation is 2. The molecule has 5 N–H and O–H groups in total. The molecule has 442 valence electrons. The number of pyridine rings is 2. The van der Waals surface area contributed by atoms with Crippen molar-refractivity contribution in [2.45, 2.75) is 70.8 Å². The topological polar surface area (TPSA) is 234 Å². The summed E-state index contributed by atoms with van der Waals surface area (Å²) in [7, 11) is 3.09. The molecule has 0 radical (unpaired) electrons. The van der Waals surface area contributed by atoms with Crippen LogP contribution in [0.4, 0.5) is 30.0 Å². The van der Waals surface area contributed by atoms with Crippen molar-refractivity contribution in [3.63, 3.8) is 0 Å². The van der Waals surface area contributed by atoms with E-state index in [0.29, 0.717) is 22.5 Å². The van der Waals surface area contributed by atoms with Gasteiger partial charge in [0.15, 0.2) is 0 Å². The first-order valence-electron chi connectivity index (χ1n) is 25.3. The molecular weight excluding hydrogens is 1270 g/mol. The fourth-order valence-electron chi connectivity index (χ4n) is 7.39. The van der Waals surface area contributed by atoms with Crippen molar-refractivity contribution in [1.29, 1.82) is 10.7 Å². The molecule has 7 aromatic rings. The van der Waals surface area contributed by atoms with Gasteiger partial charge in [-0.25, -0.2) is 28.3 Å². The molecule has 0 saturated heterocycles. The van der Waals surface area contributed by atoms with Gasteiger partial charge in [0.25, 0.3) is 0 Å². The maximum absolute atomic E-state index is 13.8. The molecule has 2 atom stereocenters. The van der Waals surface area contributed by atoms with Crippen LogP contribution < -0.4 is 16.4 Å². The van der Waals surface area contributed by atoms with Gasteiger partial charge in [-0.15, -0.1) is 21.8 Å². The summed E-state index contributed by atoms with van der Waals surface area (Å²) in [4.78, 5) is 74.4. The highest BCUT2D eigenvalue weighted by Crippen LogP contribution is 2.24. The number of carbonyl (C=O) groups is 5. The van der Waals surface area contributed by atoms with Crippen molar-refractivity contribution >= 4 is 146 Å². The number of nitrogens with zero attached hydrogens (tertiary/aromatic N) is 5. The summed E-state index contributed by atoms with van der Waals surface area (Å²) in [6.07, 6.45) is 2.20. The minimum atomic E-state index is -0.819. The number of carbonyl (C=O) groups excluding carboxylic acids is 5. The van der Waals surface area contributed by atoms with Gasteiger partial charge in [-0.3, -0.25) is 25.0 Å². The zero-order valence-electron chi connectivity index (χ0n) is 46.7. The van der Waals surface area contributed by atoms with E-state index >= 15 is 0 Å². The zero-order chi connectivity index (χ0) is 59.6. The second kappa shape index (κ2) is 36.8. The van der Waals surface area contributed by atoms with Crippen LogP contribution in [0, 0.1) is 28.4 Å². The molecular formula is C59H68Cl2F2IN9O7S2Si. The summed E-state index contributed by atoms with van der Waals surface area (Å²) in [5.74, 6) is -1.52. The third-order valence-electron chi connectivity index (χ3n) is 11.7. The van der Waals surface area contributed by atoms with Crippen molar-refractivity contribution in [1.82, 2.24) is 19.8 Å². The van der Waals surface area contributed by atoms with Gasteiger partial charge in [0, 0.05) is 75.6 Å². The molecule has 0 aliphatic heterocycles. The first kappa shape index (κ1) is 72.4. The lowest BCUT2D eigenvalue weighted by molar-refractivity contribution is -0.133. The number of hydrogen-bond acceptors (Lipinski definition) is 12. The summed E-state index contributed by atoms with van der Waals surface area (Å²) in [5.41, 5.74) is 6.27. The largest absolute Gasteiger partial charge is 0.447 e. The number of nitriles is 1. The summed E-state index contributed by atoms with van der Waals surface area (Å²) in [6, 6.07) is 36.3. The van der Waals surface area contributed by atoms with E-state index in [2.05, 4.69) is 62.0 Å². The van der Waals surface area contributed by atoms with E-state index in [0.717, 1.165) is 21.5 Å². The quantitative estimate of drug-likeness (QED) is 0.0195. The number of amides is 4. The van der Waals surface area contributed by atoms with Crippen molar-refractivity contribution in [3.8, 4) is 6.07 Å². The second-order valence-electron chi connectivity index (χ2n) is 18.9. The highest BCUT2D eigenvalue weighted by molar-refractivity contribution is 14.1. The molecule has 0 bridgehead atoms. The molecule has 2 heterocycles. The third-order valence-corrected chi connectivity index (χ3v) is 12.6. The number of rotatable bonds is 19. The highest BCUT2D eigenvalue weighted by Gasteiger charge is 2.27. The Labute approximate surface area is 520 Å². The first-order valence-corrected chi connectivity index (χ1v) is 32.7. The number of ether oxygens (including phenoxy) is 2. The van der Waals surface area contributed by atoms with Gasteiger partial charge in [-0.05, 0) is 59.0 Å². The number of anilines is 2. The minimum absolute atomic E-state index is 0. The Kier molecular flexibility index (Phi) is 32.1. The monoisotopic (exact) mass is 1340 g/mol. The standard InChI is InChI=1S/C31H28ClFN4O4.C23H24ClFN4O3.C3H9ISi.C2H3N.2H2S/c1-37(28(38)15-14-20-12-7-13-25(33)29(20)32)24(17-26(34)30(39)21-8-3-2-4-9-21)19-41-31(40)36-27-16-22-10-5-6-11-23(22)18-35-27;1-29(21(30)10-9-15-7-4-8-19(25)22(15)24)18(12-26)14-32-23(31)28-20-11-16-5-2-3-6-17(16)13-27-20;1-5(2,3)4;1-2-3;;/h2-13,16,18,24,34H,14-15,17,19H2,1H3,(H,35,36,40);2-8,11,13,18H,9-10,12,14,26H2,1H3,(H,27,28,31);1-3H3;1H3;2*1H2/t24-;18-;;;;/m00..../s1. The van der Waals surface area contributed by atoms with Gasteiger partial charge >= 0.3 is 12.2 Å². The van der Waals surface area contributed by atoms with E-state index in [-0.39, 0.29) is 112 Å². The van der Waals surface area contributed by atoms with Crippen molar-refractivity contribution in [2.24, 2.45) is 5.73 Å². The third kappa shape index (κ3) is 25.0. The Morgan fingerprint density at radius 1 is 0.675 bits per heavy atom. The van der Waals surface area contributed by atoms with E-state index in [1.165, 1.54) is 42.0 Å². The average molecular weight is 1340 g/mol.